The van der Waals surface area contributed by atoms with Gasteiger partial charge in [-0.25, -0.2) is 0 Å². The highest BCUT2D eigenvalue weighted by Gasteiger charge is 2.04. The molecule has 0 saturated carbocycles. The molecule has 3 heteroatoms. The molecule has 1 aromatic carbocycles. The van der Waals surface area contributed by atoms with Gasteiger partial charge >= 0.3 is 0 Å². The van der Waals surface area contributed by atoms with Crippen LogP contribution in [-0.4, -0.2) is 11.1 Å². The molecule has 94 valence electrons. The van der Waals surface area contributed by atoms with E-state index in [4.69, 9.17) is 4.74 Å². The minimum absolute atomic E-state index is 0.169. The molecular formula is C15H18N2O. The lowest BCUT2D eigenvalue weighted by Gasteiger charge is -2.15. The first-order chi connectivity index (χ1) is 8.75. The third-order valence-electron chi connectivity index (χ3n) is 2.44. The van der Waals surface area contributed by atoms with Gasteiger partial charge in [-0.05, 0) is 38.1 Å². The summed E-state index contributed by atoms with van der Waals surface area (Å²) in [7, 11) is 0. The third-order valence-corrected chi connectivity index (χ3v) is 2.44. The maximum absolute atomic E-state index is 5.75. The van der Waals surface area contributed by atoms with E-state index in [0.717, 1.165) is 17.1 Å². The van der Waals surface area contributed by atoms with E-state index in [1.165, 1.54) is 0 Å². The zero-order valence-electron chi connectivity index (χ0n) is 10.8. The molecule has 1 N–H and O–H groups in total. The van der Waals surface area contributed by atoms with Gasteiger partial charge in [-0.2, -0.15) is 0 Å². The molecule has 1 heterocycles. The van der Waals surface area contributed by atoms with Crippen molar-refractivity contribution in [1.29, 1.82) is 0 Å². The minimum Gasteiger partial charge on any atom is -0.489 e. The van der Waals surface area contributed by atoms with Crippen molar-refractivity contribution in [1.82, 2.24) is 4.98 Å². The maximum Gasteiger partial charge on any atom is 0.142 e. The van der Waals surface area contributed by atoms with Crippen LogP contribution >= 0.6 is 0 Å². The van der Waals surface area contributed by atoms with Crippen molar-refractivity contribution in [2.75, 3.05) is 5.32 Å². The van der Waals surface area contributed by atoms with Gasteiger partial charge in [-0.3, -0.25) is 4.98 Å². The summed E-state index contributed by atoms with van der Waals surface area (Å²) >= 11 is 0. The number of pyridine rings is 1. The lowest BCUT2D eigenvalue weighted by molar-refractivity contribution is 0.243. The van der Waals surface area contributed by atoms with E-state index in [1.54, 1.807) is 6.20 Å². The number of nitrogens with zero attached hydrogens (tertiary/aromatic N) is 1. The first-order valence-corrected chi connectivity index (χ1v) is 6.15. The van der Waals surface area contributed by atoms with Gasteiger partial charge in [0, 0.05) is 6.20 Å². The molecule has 1 aromatic heterocycles. The van der Waals surface area contributed by atoms with E-state index in [1.807, 2.05) is 56.3 Å². The molecule has 0 aliphatic rings. The van der Waals surface area contributed by atoms with Crippen molar-refractivity contribution in [3.63, 3.8) is 0 Å². The Morgan fingerprint density at radius 1 is 1.11 bits per heavy atom. The number of hydrogen-bond acceptors (Lipinski definition) is 3. The third kappa shape index (κ3) is 3.48. The van der Waals surface area contributed by atoms with Crippen LogP contribution in [0.5, 0.6) is 5.75 Å². The minimum atomic E-state index is 0.169. The van der Waals surface area contributed by atoms with Crippen LogP contribution in [0.3, 0.4) is 0 Å². The molecule has 0 atom stereocenters. The lowest BCUT2D eigenvalue weighted by atomic mass is 10.2. The molecular weight excluding hydrogens is 224 g/mol. The SMILES string of the molecule is CC(C)Oc1ccccc1NCc1ccccn1. The fourth-order valence-corrected chi connectivity index (χ4v) is 1.66. The number of ether oxygens (including phenoxy) is 1. The van der Waals surface area contributed by atoms with E-state index < -0.39 is 0 Å². The molecule has 0 saturated heterocycles. The number of nitrogens with one attached hydrogen (secondary N) is 1. The summed E-state index contributed by atoms with van der Waals surface area (Å²) in [5.41, 5.74) is 2.01. The fourth-order valence-electron chi connectivity index (χ4n) is 1.66. The Kier molecular flexibility index (Phi) is 4.18. The molecule has 0 bridgehead atoms. The second kappa shape index (κ2) is 6.05. The highest BCUT2D eigenvalue weighted by Crippen LogP contribution is 2.25. The standard InChI is InChI=1S/C15H18N2O/c1-12(2)18-15-9-4-3-8-14(15)17-11-13-7-5-6-10-16-13/h3-10,12,17H,11H2,1-2H3. The summed E-state index contributed by atoms with van der Waals surface area (Å²) in [5, 5.41) is 3.35. The van der Waals surface area contributed by atoms with Gasteiger partial charge in [0.05, 0.1) is 24.0 Å². The molecule has 0 unspecified atom stereocenters. The summed E-state index contributed by atoms with van der Waals surface area (Å²) in [6.45, 7) is 4.74. The van der Waals surface area contributed by atoms with Crippen LogP contribution in [0.2, 0.25) is 0 Å². The van der Waals surface area contributed by atoms with Crippen molar-refractivity contribution in [3.8, 4) is 5.75 Å². The highest BCUT2D eigenvalue weighted by atomic mass is 16.5. The van der Waals surface area contributed by atoms with Crippen molar-refractivity contribution in [2.45, 2.75) is 26.5 Å². The van der Waals surface area contributed by atoms with Crippen LogP contribution in [0.15, 0.2) is 48.7 Å². The van der Waals surface area contributed by atoms with Crippen LogP contribution in [0.1, 0.15) is 19.5 Å². The summed E-state index contributed by atoms with van der Waals surface area (Å²) < 4.78 is 5.75. The average Bonchev–Trinajstić information content (AvgIpc) is 2.38. The number of hydrogen-bond donors (Lipinski definition) is 1. The Balaban J connectivity index is 2.05. The van der Waals surface area contributed by atoms with Crippen LogP contribution in [0.4, 0.5) is 5.69 Å². The van der Waals surface area contributed by atoms with E-state index in [2.05, 4.69) is 10.3 Å². The Bertz CT molecular complexity index is 483. The molecule has 0 aliphatic heterocycles. The smallest absolute Gasteiger partial charge is 0.142 e. The van der Waals surface area contributed by atoms with Crippen LogP contribution in [0.25, 0.3) is 0 Å². The Hall–Kier alpha value is -2.03. The monoisotopic (exact) mass is 242 g/mol. The van der Waals surface area contributed by atoms with Gasteiger partial charge in [0.25, 0.3) is 0 Å². The van der Waals surface area contributed by atoms with Gasteiger partial charge < -0.3 is 10.1 Å². The molecule has 0 spiro atoms. The summed E-state index contributed by atoms with van der Waals surface area (Å²) in [6, 6.07) is 13.9. The maximum atomic E-state index is 5.75. The molecule has 2 aromatic rings. The van der Waals surface area contributed by atoms with E-state index in [9.17, 15) is 0 Å². The zero-order chi connectivity index (χ0) is 12.8. The van der Waals surface area contributed by atoms with Gasteiger partial charge in [-0.15, -0.1) is 0 Å². The molecule has 0 aliphatic carbocycles. The normalized spacial score (nSPS) is 10.4. The van der Waals surface area contributed by atoms with Gasteiger partial charge in [0.2, 0.25) is 0 Å². The van der Waals surface area contributed by atoms with Crippen molar-refractivity contribution >= 4 is 5.69 Å². The van der Waals surface area contributed by atoms with Gasteiger partial charge in [-0.1, -0.05) is 18.2 Å². The van der Waals surface area contributed by atoms with Crippen LogP contribution in [-0.2, 0) is 6.54 Å². The molecule has 0 radical (unpaired) electrons. The quantitative estimate of drug-likeness (QED) is 0.871. The Morgan fingerprint density at radius 3 is 2.61 bits per heavy atom. The summed E-state index contributed by atoms with van der Waals surface area (Å²) in [6.07, 6.45) is 1.97. The van der Waals surface area contributed by atoms with Crippen LogP contribution < -0.4 is 10.1 Å². The Morgan fingerprint density at radius 2 is 1.89 bits per heavy atom. The highest BCUT2D eigenvalue weighted by molar-refractivity contribution is 5.56. The van der Waals surface area contributed by atoms with E-state index >= 15 is 0 Å². The molecule has 3 nitrogen and oxygen atoms in total. The molecule has 18 heavy (non-hydrogen) atoms. The Labute approximate surface area is 108 Å². The van der Waals surface area contributed by atoms with Crippen molar-refractivity contribution < 1.29 is 4.74 Å². The largest absolute Gasteiger partial charge is 0.489 e. The first kappa shape index (κ1) is 12.4. The zero-order valence-corrected chi connectivity index (χ0v) is 10.8. The topological polar surface area (TPSA) is 34.1 Å². The van der Waals surface area contributed by atoms with Gasteiger partial charge in [0.15, 0.2) is 0 Å². The number of benzene rings is 1. The van der Waals surface area contributed by atoms with Crippen LogP contribution in [0, 0.1) is 0 Å². The predicted octanol–water partition coefficient (Wildman–Crippen LogP) is 3.48. The number of aromatic nitrogens is 1. The molecule has 0 fully saturated rings. The van der Waals surface area contributed by atoms with Crippen molar-refractivity contribution in [2.24, 2.45) is 0 Å². The number of rotatable bonds is 5. The number of anilines is 1. The number of para-hydroxylation sites is 2. The lowest BCUT2D eigenvalue weighted by Crippen LogP contribution is -2.09. The predicted molar refractivity (Wildman–Crippen MR) is 73.8 cm³/mol. The summed E-state index contributed by atoms with van der Waals surface area (Å²) in [4.78, 5) is 4.28. The average molecular weight is 242 g/mol. The fraction of sp³-hybridized carbons (Fsp3) is 0.267. The summed E-state index contributed by atoms with van der Waals surface area (Å²) in [5.74, 6) is 0.878. The molecule has 2 rings (SSSR count). The van der Waals surface area contributed by atoms with E-state index in [0.29, 0.717) is 6.54 Å². The second-order valence-corrected chi connectivity index (χ2v) is 4.34. The van der Waals surface area contributed by atoms with E-state index in [-0.39, 0.29) is 6.10 Å². The van der Waals surface area contributed by atoms with Crippen molar-refractivity contribution in [3.05, 3.63) is 54.4 Å². The van der Waals surface area contributed by atoms with Gasteiger partial charge in [0.1, 0.15) is 5.75 Å². The molecule has 0 amide bonds. The second-order valence-electron chi connectivity index (χ2n) is 4.34. The first-order valence-electron chi connectivity index (χ1n) is 6.15.